The molecule has 0 unspecified atom stereocenters. The molecule has 86 valence electrons. The van der Waals surface area contributed by atoms with Gasteiger partial charge in [-0.05, 0) is 12.5 Å². The highest BCUT2D eigenvalue weighted by atomic mass is 16.4. The number of hydrogen-bond acceptors (Lipinski definition) is 1. The monoisotopic (exact) mass is 226 g/mol. The third-order valence-electron chi connectivity index (χ3n) is 2.82. The average Bonchev–Trinajstić information content (AvgIpc) is 2.29. The van der Waals surface area contributed by atoms with E-state index in [2.05, 4.69) is 11.8 Å². The van der Waals surface area contributed by atoms with Gasteiger partial charge >= 0.3 is 5.97 Å². The second kappa shape index (κ2) is 5.23. The van der Waals surface area contributed by atoms with E-state index in [1.807, 2.05) is 19.1 Å². The molecule has 0 bridgehead atoms. The van der Waals surface area contributed by atoms with E-state index < -0.39 is 11.4 Å². The molecule has 0 atom stereocenters. The fraction of sp³-hybridized carbons (Fsp3) is 0.267. The molecular weight excluding hydrogens is 212 g/mol. The number of benzene rings is 1. The van der Waals surface area contributed by atoms with Gasteiger partial charge in [0.15, 0.2) is 0 Å². The van der Waals surface area contributed by atoms with E-state index in [1.165, 1.54) is 0 Å². The molecule has 0 aromatic heterocycles. The molecule has 0 aliphatic heterocycles. The summed E-state index contributed by atoms with van der Waals surface area (Å²) in [6.07, 6.45) is 10.7. The predicted octanol–water partition coefficient (Wildman–Crippen LogP) is 2.36. The second-order valence-electron chi connectivity index (χ2n) is 4.02. The third-order valence-corrected chi connectivity index (χ3v) is 2.82. The Hall–Kier alpha value is -2.19. The van der Waals surface area contributed by atoms with Crippen molar-refractivity contribution in [1.82, 2.24) is 0 Å². The summed E-state index contributed by atoms with van der Waals surface area (Å²) in [6.45, 7) is 1.94. The Labute approximate surface area is 102 Å². The zero-order valence-corrected chi connectivity index (χ0v) is 9.73. The summed E-state index contributed by atoms with van der Waals surface area (Å²) in [5.74, 6) is 3.85. The molecule has 0 saturated heterocycles. The van der Waals surface area contributed by atoms with Gasteiger partial charge in [-0.2, -0.15) is 0 Å². The fourth-order valence-corrected chi connectivity index (χ4v) is 1.76. The van der Waals surface area contributed by atoms with Gasteiger partial charge in [-0.3, -0.25) is 4.79 Å². The van der Waals surface area contributed by atoms with E-state index in [0.29, 0.717) is 5.56 Å². The van der Waals surface area contributed by atoms with Crippen molar-refractivity contribution in [3.05, 3.63) is 35.4 Å². The maximum absolute atomic E-state index is 11.5. The van der Waals surface area contributed by atoms with Crippen molar-refractivity contribution in [3.63, 3.8) is 0 Å². The van der Waals surface area contributed by atoms with E-state index in [1.54, 1.807) is 12.1 Å². The van der Waals surface area contributed by atoms with Gasteiger partial charge in [0, 0.05) is 12.8 Å². The molecule has 2 heteroatoms. The smallest absolute Gasteiger partial charge is 0.316 e. The molecule has 0 saturated carbocycles. The van der Waals surface area contributed by atoms with Crippen LogP contribution in [0.3, 0.4) is 0 Å². The van der Waals surface area contributed by atoms with Crippen LogP contribution in [0.5, 0.6) is 0 Å². The Kier molecular flexibility index (Phi) is 3.96. The van der Waals surface area contributed by atoms with E-state index in [4.69, 9.17) is 12.8 Å². The van der Waals surface area contributed by atoms with Gasteiger partial charge in [0.05, 0.1) is 0 Å². The number of aryl methyl sites for hydroxylation is 1. The predicted molar refractivity (Wildman–Crippen MR) is 67.4 cm³/mol. The molecule has 0 aliphatic carbocycles. The number of hydrogen-bond donors (Lipinski definition) is 1. The zero-order chi connectivity index (χ0) is 12.9. The van der Waals surface area contributed by atoms with Crippen LogP contribution in [-0.4, -0.2) is 11.1 Å². The molecule has 1 aromatic carbocycles. The van der Waals surface area contributed by atoms with Crippen LogP contribution in [0.2, 0.25) is 0 Å². The van der Waals surface area contributed by atoms with E-state index in [-0.39, 0.29) is 12.8 Å². The average molecular weight is 226 g/mol. The first-order valence-corrected chi connectivity index (χ1v) is 5.24. The highest BCUT2D eigenvalue weighted by Crippen LogP contribution is 2.32. The molecule has 0 fully saturated rings. The van der Waals surface area contributed by atoms with Crippen molar-refractivity contribution in [2.75, 3.05) is 0 Å². The first-order chi connectivity index (χ1) is 8.06. The van der Waals surface area contributed by atoms with Crippen LogP contribution in [-0.2, 0) is 10.2 Å². The summed E-state index contributed by atoms with van der Waals surface area (Å²) < 4.78 is 0. The largest absolute Gasteiger partial charge is 0.481 e. The molecule has 2 nitrogen and oxygen atoms in total. The van der Waals surface area contributed by atoms with Crippen molar-refractivity contribution in [1.29, 1.82) is 0 Å². The van der Waals surface area contributed by atoms with Gasteiger partial charge in [-0.1, -0.05) is 29.8 Å². The van der Waals surface area contributed by atoms with Crippen LogP contribution in [0.15, 0.2) is 24.3 Å². The van der Waals surface area contributed by atoms with E-state index >= 15 is 0 Å². The lowest BCUT2D eigenvalue weighted by molar-refractivity contribution is -0.143. The summed E-state index contributed by atoms with van der Waals surface area (Å²) >= 11 is 0. The normalized spacial score (nSPS) is 10.3. The second-order valence-corrected chi connectivity index (χ2v) is 4.02. The van der Waals surface area contributed by atoms with Gasteiger partial charge in [-0.15, -0.1) is 24.7 Å². The molecule has 1 N–H and O–H groups in total. The minimum absolute atomic E-state index is 0.0929. The summed E-state index contributed by atoms with van der Waals surface area (Å²) in [5, 5.41) is 9.42. The lowest BCUT2D eigenvalue weighted by Crippen LogP contribution is -2.35. The van der Waals surface area contributed by atoms with Crippen molar-refractivity contribution >= 4 is 5.97 Å². The fourth-order valence-electron chi connectivity index (χ4n) is 1.76. The zero-order valence-electron chi connectivity index (χ0n) is 9.73. The van der Waals surface area contributed by atoms with Crippen LogP contribution in [0, 0.1) is 31.6 Å². The molecule has 0 heterocycles. The highest BCUT2D eigenvalue weighted by Gasteiger charge is 2.38. The van der Waals surface area contributed by atoms with Crippen molar-refractivity contribution in [2.45, 2.75) is 25.2 Å². The Morgan fingerprint density at radius 3 is 2.06 bits per heavy atom. The van der Waals surface area contributed by atoms with Gasteiger partial charge in [0.1, 0.15) is 5.41 Å². The number of carboxylic acids is 1. The molecule has 0 spiro atoms. The number of rotatable bonds is 4. The topological polar surface area (TPSA) is 37.3 Å². The SMILES string of the molecule is C#CCC(CC#C)(C(=O)O)c1ccc(C)cc1. The molecule has 0 aliphatic rings. The van der Waals surface area contributed by atoms with Crippen LogP contribution in [0.4, 0.5) is 0 Å². The van der Waals surface area contributed by atoms with Crippen LogP contribution in [0.1, 0.15) is 24.0 Å². The Morgan fingerprint density at radius 2 is 1.71 bits per heavy atom. The minimum atomic E-state index is -1.17. The summed E-state index contributed by atoms with van der Waals surface area (Å²) in [7, 11) is 0. The van der Waals surface area contributed by atoms with Gasteiger partial charge in [0.2, 0.25) is 0 Å². The van der Waals surface area contributed by atoms with Crippen molar-refractivity contribution in [2.24, 2.45) is 0 Å². The first kappa shape index (κ1) is 12.9. The summed E-state index contributed by atoms with van der Waals surface area (Å²) in [6, 6.07) is 7.27. The molecular formula is C15H14O2. The van der Waals surface area contributed by atoms with Crippen molar-refractivity contribution in [3.8, 4) is 24.7 Å². The molecule has 1 aromatic rings. The van der Waals surface area contributed by atoms with Crippen LogP contribution < -0.4 is 0 Å². The molecule has 17 heavy (non-hydrogen) atoms. The van der Waals surface area contributed by atoms with Crippen molar-refractivity contribution < 1.29 is 9.90 Å². The first-order valence-electron chi connectivity index (χ1n) is 5.24. The third kappa shape index (κ3) is 2.49. The Balaban J connectivity index is 3.31. The number of carbonyl (C=O) groups is 1. The lowest BCUT2D eigenvalue weighted by Gasteiger charge is -2.26. The Morgan fingerprint density at radius 1 is 1.24 bits per heavy atom. The summed E-state index contributed by atoms with van der Waals surface area (Å²) in [5.41, 5.74) is 0.554. The quantitative estimate of drug-likeness (QED) is 0.800. The highest BCUT2D eigenvalue weighted by molar-refractivity contribution is 5.82. The number of aliphatic carboxylic acids is 1. The van der Waals surface area contributed by atoms with Crippen LogP contribution >= 0.6 is 0 Å². The number of carboxylic acid groups (broad SMARTS) is 1. The molecule has 0 amide bonds. The summed E-state index contributed by atoms with van der Waals surface area (Å²) in [4.78, 5) is 11.5. The van der Waals surface area contributed by atoms with E-state index in [9.17, 15) is 9.90 Å². The maximum atomic E-state index is 11.5. The lowest BCUT2D eigenvalue weighted by atomic mass is 9.75. The Bertz CT molecular complexity index is 467. The van der Waals surface area contributed by atoms with Gasteiger partial charge in [0.25, 0.3) is 0 Å². The standard InChI is InChI=1S/C15H14O2/c1-4-10-15(11-5-2,14(16)17)13-8-6-12(3)7-9-13/h1-2,6-9H,10-11H2,3H3,(H,16,17). The van der Waals surface area contributed by atoms with Crippen LogP contribution in [0.25, 0.3) is 0 Å². The number of terminal acetylenes is 2. The minimum Gasteiger partial charge on any atom is -0.481 e. The van der Waals surface area contributed by atoms with E-state index in [0.717, 1.165) is 5.56 Å². The van der Waals surface area contributed by atoms with Gasteiger partial charge < -0.3 is 5.11 Å². The van der Waals surface area contributed by atoms with Gasteiger partial charge in [-0.25, -0.2) is 0 Å². The molecule has 1 rings (SSSR count). The maximum Gasteiger partial charge on any atom is 0.316 e. The molecule has 0 radical (unpaired) electrons.